The molecule has 1 aliphatic rings. The predicted octanol–water partition coefficient (Wildman–Crippen LogP) is 4.68. The van der Waals surface area contributed by atoms with Crippen molar-refractivity contribution in [1.29, 1.82) is 0 Å². The van der Waals surface area contributed by atoms with Crippen LogP contribution in [0.15, 0.2) is 47.6 Å². The number of ether oxygens (including phenoxy) is 4. The molecule has 3 rings (SSSR count). The predicted molar refractivity (Wildman–Crippen MR) is 119 cm³/mol. The Labute approximate surface area is 183 Å². The topological polar surface area (TPSA) is 78.4 Å². The van der Waals surface area contributed by atoms with Crippen molar-refractivity contribution >= 4 is 12.1 Å². The van der Waals surface area contributed by atoms with Crippen molar-refractivity contribution in [1.82, 2.24) is 5.43 Å². The number of nitrogens with one attached hydrogen (secondary N) is 1. The van der Waals surface area contributed by atoms with Crippen molar-refractivity contribution in [3.05, 3.63) is 48.0 Å². The third-order valence-corrected chi connectivity index (χ3v) is 4.76. The molecule has 7 nitrogen and oxygen atoms in total. The van der Waals surface area contributed by atoms with Gasteiger partial charge in [0.05, 0.1) is 12.8 Å². The van der Waals surface area contributed by atoms with Gasteiger partial charge in [-0.25, -0.2) is 5.43 Å². The number of rotatable bonds is 13. The summed E-state index contributed by atoms with van der Waals surface area (Å²) in [5.74, 6) is 2.42. The highest BCUT2D eigenvalue weighted by Gasteiger charge is 2.12. The van der Waals surface area contributed by atoms with E-state index in [1.807, 2.05) is 18.2 Å². The van der Waals surface area contributed by atoms with Crippen LogP contribution >= 0.6 is 0 Å². The number of unbranched alkanes of at least 4 members (excludes halogenated alkanes) is 5. The van der Waals surface area contributed by atoms with Gasteiger partial charge < -0.3 is 18.9 Å². The molecule has 0 saturated carbocycles. The van der Waals surface area contributed by atoms with E-state index < -0.39 is 0 Å². The number of benzene rings is 2. The highest BCUT2D eigenvalue weighted by atomic mass is 16.7. The van der Waals surface area contributed by atoms with Crippen LogP contribution in [-0.4, -0.2) is 32.1 Å². The number of carbonyl (C=O) groups is 1. The standard InChI is InChI=1S/C24H30N2O5/c1-2-3-4-5-6-7-14-28-20-9-11-21(12-10-20)29-17-24(27)26-25-16-19-8-13-22-23(15-19)31-18-30-22/h8-13,15-16H,2-7,14,17-18H2,1H3,(H,26,27)/b25-16-. The van der Waals surface area contributed by atoms with Crippen molar-refractivity contribution in [2.24, 2.45) is 5.10 Å². The summed E-state index contributed by atoms with van der Waals surface area (Å²) in [6.45, 7) is 3.03. The van der Waals surface area contributed by atoms with Crippen molar-refractivity contribution in [2.45, 2.75) is 45.4 Å². The maximum Gasteiger partial charge on any atom is 0.277 e. The third kappa shape index (κ3) is 7.85. The van der Waals surface area contributed by atoms with Gasteiger partial charge in [0.15, 0.2) is 18.1 Å². The highest BCUT2D eigenvalue weighted by molar-refractivity contribution is 5.83. The Morgan fingerprint density at radius 2 is 1.68 bits per heavy atom. The fraction of sp³-hybridized carbons (Fsp3) is 0.417. The smallest absolute Gasteiger partial charge is 0.277 e. The minimum atomic E-state index is -0.347. The lowest BCUT2D eigenvalue weighted by atomic mass is 10.1. The molecule has 7 heteroatoms. The Morgan fingerprint density at radius 3 is 2.48 bits per heavy atom. The molecule has 1 N–H and O–H groups in total. The van der Waals surface area contributed by atoms with Crippen molar-refractivity contribution in [3.8, 4) is 23.0 Å². The Hall–Kier alpha value is -3.22. The quantitative estimate of drug-likeness (QED) is 0.286. The molecule has 1 heterocycles. The molecule has 0 aliphatic carbocycles. The molecule has 2 aromatic carbocycles. The summed E-state index contributed by atoms with van der Waals surface area (Å²) in [6, 6.07) is 12.7. The fourth-order valence-corrected chi connectivity index (χ4v) is 3.06. The maximum absolute atomic E-state index is 11.9. The Bertz CT molecular complexity index is 852. The van der Waals surface area contributed by atoms with E-state index in [4.69, 9.17) is 18.9 Å². The number of hydrogen-bond acceptors (Lipinski definition) is 6. The second-order valence-electron chi connectivity index (χ2n) is 7.28. The monoisotopic (exact) mass is 426 g/mol. The van der Waals surface area contributed by atoms with Crippen LogP contribution in [0.5, 0.6) is 23.0 Å². The molecule has 0 spiro atoms. The van der Waals surface area contributed by atoms with Gasteiger partial charge in [0, 0.05) is 0 Å². The third-order valence-electron chi connectivity index (χ3n) is 4.76. The minimum absolute atomic E-state index is 0.129. The normalized spacial score (nSPS) is 12.2. The number of carbonyl (C=O) groups excluding carboxylic acids is 1. The van der Waals surface area contributed by atoms with Crippen LogP contribution in [0, 0.1) is 0 Å². The number of amides is 1. The summed E-state index contributed by atoms with van der Waals surface area (Å²) in [5.41, 5.74) is 3.24. The van der Waals surface area contributed by atoms with E-state index in [1.165, 1.54) is 38.3 Å². The van der Waals surface area contributed by atoms with Gasteiger partial charge in [-0.05, 0) is 54.4 Å². The summed E-state index contributed by atoms with van der Waals surface area (Å²) < 4.78 is 21.8. The molecular weight excluding hydrogens is 396 g/mol. The van der Waals surface area contributed by atoms with E-state index in [0.717, 1.165) is 24.3 Å². The molecule has 0 aromatic heterocycles. The van der Waals surface area contributed by atoms with Crippen LogP contribution in [0.4, 0.5) is 0 Å². The van der Waals surface area contributed by atoms with Crippen LogP contribution in [0.3, 0.4) is 0 Å². The molecule has 0 bridgehead atoms. The lowest BCUT2D eigenvalue weighted by Crippen LogP contribution is -2.24. The van der Waals surface area contributed by atoms with E-state index in [9.17, 15) is 4.79 Å². The first-order valence-corrected chi connectivity index (χ1v) is 10.8. The number of fused-ring (bicyclic) bond motifs is 1. The van der Waals surface area contributed by atoms with E-state index in [2.05, 4.69) is 17.5 Å². The Kier molecular flexibility index (Phi) is 9.04. The molecule has 0 radical (unpaired) electrons. The zero-order valence-electron chi connectivity index (χ0n) is 18.0. The zero-order chi connectivity index (χ0) is 21.7. The van der Waals surface area contributed by atoms with Crippen LogP contribution in [-0.2, 0) is 4.79 Å². The van der Waals surface area contributed by atoms with Crippen molar-refractivity contribution in [3.63, 3.8) is 0 Å². The average molecular weight is 427 g/mol. The molecule has 1 aliphatic heterocycles. The number of hydrogen-bond donors (Lipinski definition) is 1. The zero-order valence-corrected chi connectivity index (χ0v) is 18.0. The molecule has 166 valence electrons. The van der Waals surface area contributed by atoms with Gasteiger partial charge in [0.25, 0.3) is 5.91 Å². The second-order valence-corrected chi connectivity index (χ2v) is 7.28. The van der Waals surface area contributed by atoms with Gasteiger partial charge in [-0.15, -0.1) is 0 Å². The molecule has 2 aromatic rings. The first kappa shape index (κ1) is 22.5. The Balaban J connectivity index is 1.31. The lowest BCUT2D eigenvalue weighted by molar-refractivity contribution is -0.123. The molecule has 0 unspecified atom stereocenters. The van der Waals surface area contributed by atoms with E-state index >= 15 is 0 Å². The van der Waals surface area contributed by atoms with Gasteiger partial charge in [-0.1, -0.05) is 39.0 Å². The summed E-state index contributed by atoms with van der Waals surface area (Å²) in [4.78, 5) is 11.9. The van der Waals surface area contributed by atoms with Crippen LogP contribution in [0.2, 0.25) is 0 Å². The molecular formula is C24H30N2O5. The van der Waals surface area contributed by atoms with Gasteiger partial charge in [0.2, 0.25) is 6.79 Å². The highest BCUT2D eigenvalue weighted by Crippen LogP contribution is 2.31. The van der Waals surface area contributed by atoms with Crippen LogP contribution in [0.1, 0.15) is 51.0 Å². The maximum atomic E-state index is 11.9. The SMILES string of the molecule is CCCCCCCCOc1ccc(OCC(=O)N/N=C\c2ccc3c(c2)OCO3)cc1. The summed E-state index contributed by atoms with van der Waals surface area (Å²) in [6.07, 6.45) is 8.96. The molecule has 0 saturated heterocycles. The van der Waals surface area contributed by atoms with E-state index in [-0.39, 0.29) is 19.3 Å². The summed E-state index contributed by atoms with van der Waals surface area (Å²) >= 11 is 0. The first-order chi connectivity index (χ1) is 15.2. The number of nitrogens with zero attached hydrogens (tertiary/aromatic N) is 1. The lowest BCUT2D eigenvalue weighted by Gasteiger charge is -2.08. The average Bonchev–Trinajstić information content (AvgIpc) is 3.26. The molecule has 31 heavy (non-hydrogen) atoms. The molecule has 0 fully saturated rings. The Morgan fingerprint density at radius 1 is 0.968 bits per heavy atom. The largest absolute Gasteiger partial charge is 0.494 e. The van der Waals surface area contributed by atoms with Crippen LogP contribution in [0.25, 0.3) is 0 Å². The summed E-state index contributed by atoms with van der Waals surface area (Å²) in [7, 11) is 0. The van der Waals surface area contributed by atoms with Crippen molar-refractivity contribution < 1.29 is 23.7 Å². The van der Waals surface area contributed by atoms with Gasteiger partial charge in [-0.3, -0.25) is 4.79 Å². The van der Waals surface area contributed by atoms with Crippen LogP contribution < -0.4 is 24.4 Å². The van der Waals surface area contributed by atoms with Gasteiger partial charge in [-0.2, -0.15) is 5.10 Å². The molecule has 1 amide bonds. The van der Waals surface area contributed by atoms with Gasteiger partial charge >= 0.3 is 0 Å². The van der Waals surface area contributed by atoms with E-state index in [1.54, 1.807) is 24.3 Å². The molecule has 0 atom stereocenters. The first-order valence-electron chi connectivity index (χ1n) is 10.8. The van der Waals surface area contributed by atoms with E-state index in [0.29, 0.717) is 17.2 Å². The van der Waals surface area contributed by atoms with Crippen molar-refractivity contribution in [2.75, 3.05) is 20.0 Å². The fourth-order valence-electron chi connectivity index (χ4n) is 3.06. The van der Waals surface area contributed by atoms with Gasteiger partial charge in [0.1, 0.15) is 11.5 Å². The summed E-state index contributed by atoms with van der Waals surface area (Å²) in [5, 5.41) is 3.94. The second kappa shape index (κ2) is 12.5. The number of hydrazone groups is 1. The minimum Gasteiger partial charge on any atom is -0.494 e.